The Morgan fingerprint density at radius 1 is 1.21 bits per heavy atom. The topological polar surface area (TPSA) is 44.0 Å². The molecular formula is C20H24N4. The van der Waals surface area contributed by atoms with Gasteiger partial charge in [-0.15, -0.1) is 0 Å². The van der Waals surface area contributed by atoms with E-state index in [4.69, 9.17) is 0 Å². The fraction of sp³-hybridized carbons (Fsp3) is 0.350. The first kappa shape index (κ1) is 15.2. The molecule has 1 aromatic heterocycles. The zero-order valence-corrected chi connectivity index (χ0v) is 14.1. The molecule has 0 saturated carbocycles. The number of hydrogen-bond acceptors (Lipinski definition) is 3. The molecule has 1 atom stereocenters. The summed E-state index contributed by atoms with van der Waals surface area (Å²) in [6.07, 6.45) is 2.47. The highest BCUT2D eigenvalue weighted by atomic mass is 15.2. The minimum absolute atomic E-state index is 0.504. The van der Waals surface area contributed by atoms with Gasteiger partial charge in [0.15, 0.2) is 0 Å². The van der Waals surface area contributed by atoms with Crippen molar-refractivity contribution in [2.24, 2.45) is 0 Å². The summed E-state index contributed by atoms with van der Waals surface area (Å²) in [5, 5.41) is 3.71. The number of fused-ring (bicyclic) bond motifs is 1. The minimum atomic E-state index is 0.504. The van der Waals surface area contributed by atoms with E-state index in [1.807, 2.05) is 6.92 Å². The third-order valence-corrected chi connectivity index (χ3v) is 4.73. The molecule has 1 saturated heterocycles. The van der Waals surface area contributed by atoms with Gasteiger partial charge in [-0.3, -0.25) is 4.90 Å². The number of hydrogen-bond donors (Lipinski definition) is 2. The van der Waals surface area contributed by atoms with E-state index in [-0.39, 0.29) is 0 Å². The number of imidazole rings is 1. The highest BCUT2D eigenvalue weighted by Gasteiger charge is 2.20. The summed E-state index contributed by atoms with van der Waals surface area (Å²) in [6.45, 7) is 5.31. The molecule has 0 aliphatic carbocycles. The first-order valence-electron chi connectivity index (χ1n) is 8.75. The summed E-state index contributed by atoms with van der Waals surface area (Å²) in [7, 11) is 0. The SMILES string of the molecule is Cc1nc2ccc(NC3CCCN(Cc4ccccc4)C3)cc2[nH]1. The fourth-order valence-electron chi connectivity index (χ4n) is 3.62. The highest BCUT2D eigenvalue weighted by Crippen LogP contribution is 2.21. The molecule has 0 spiro atoms. The van der Waals surface area contributed by atoms with Crippen molar-refractivity contribution in [2.45, 2.75) is 32.4 Å². The molecule has 2 aromatic carbocycles. The second-order valence-corrected chi connectivity index (χ2v) is 6.76. The summed E-state index contributed by atoms with van der Waals surface area (Å²) in [4.78, 5) is 10.3. The average molecular weight is 320 g/mol. The van der Waals surface area contributed by atoms with Gasteiger partial charge in [-0.1, -0.05) is 30.3 Å². The summed E-state index contributed by atoms with van der Waals surface area (Å²) in [5.74, 6) is 0.967. The summed E-state index contributed by atoms with van der Waals surface area (Å²) < 4.78 is 0. The van der Waals surface area contributed by atoms with Gasteiger partial charge in [-0.25, -0.2) is 4.98 Å². The summed E-state index contributed by atoms with van der Waals surface area (Å²) in [6, 6.07) is 17.7. The molecule has 3 aromatic rings. The van der Waals surface area contributed by atoms with Crippen LogP contribution in [0.5, 0.6) is 0 Å². The van der Waals surface area contributed by atoms with Crippen LogP contribution < -0.4 is 5.32 Å². The van der Waals surface area contributed by atoms with Crippen LogP contribution in [-0.2, 0) is 6.54 Å². The molecule has 0 radical (unpaired) electrons. The number of aryl methyl sites for hydroxylation is 1. The Bertz CT molecular complexity index is 809. The van der Waals surface area contributed by atoms with E-state index in [2.05, 4.69) is 68.7 Å². The number of benzene rings is 2. The summed E-state index contributed by atoms with van der Waals surface area (Å²) >= 11 is 0. The van der Waals surface area contributed by atoms with Crippen LogP contribution in [0.3, 0.4) is 0 Å². The molecule has 4 rings (SSSR count). The van der Waals surface area contributed by atoms with Gasteiger partial charge in [0.2, 0.25) is 0 Å². The molecule has 2 heterocycles. The average Bonchev–Trinajstić information content (AvgIpc) is 2.95. The van der Waals surface area contributed by atoms with Gasteiger partial charge in [0, 0.05) is 24.8 Å². The predicted octanol–water partition coefficient (Wildman–Crippen LogP) is 3.95. The van der Waals surface area contributed by atoms with E-state index in [0.29, 0.717) is 6.04 Å². The van der Waals surface area contributed by atoms with Crippen LogP contribution in [0.25, 0.3) is 11.0 Å². The van der Waals surface area contributed by atoms with Crippen molar-refractivity contribution in [3.8, 4) is 0 Å². The third kappa shape index (κ3) is 3.44. The van der Waals surface area contributed by atoms with Crippen LogP contribution in [0.4, 0.5) is 5.69 Å². The second kappa shape index (κ2) is 6.65. The van der Waals surface area contributed by atoms with Crippen molar-refractivity contribution < 1.29 is 0 Å². The molecule has 124 valence electrons. The molecule has 0 bridgehead atoms. The number of aromatic amines is 1. The number of likely N-dealkylation sites (tertiary alicyclic amines) is 1. The number of H-pyrrole nitrogens is 1. The number of nitrogens with one attached hydrogen (secondary N) is 2. The smallest absolute Gasteiger partial charge is 0.104 e. The molecule has 4 nitrogen and oxygen atoms in total. The fourth-order valence-corrected chi connectivity index (χ4v) is 3.62. The van der Waals surface area contributed by atoms with Crippen molar-refractivity contribution >= 4 is 16.7 Å². The molecule has 1 fully saturated rings. The molecule has 1 unspecified atom stereocenters. The number of piperidine rings is 1. The van der Waals surface area contributed by atoms with Gasteiger partial charge in [0.05, 0.1) is 11.0 Å². The minimum Gasteiger partial charge on any atom is -0.381 e. The van der Waals surface area contributed by atoms with Gasteiger partial charge < -0.3 is 10.3 Å². The van der Waals surface area contributed by atoms with Gasteiger partial charge in [-0.05, 0) is 50.1 Å². The molecule has 2 N–H and O–H groups in total. The van der Waals surface area contributed by atoms with Crippen molar-refractivity contribution in [1.29, 1.82) is 0 Å². The lowest BCUT2D eigenvalue weighted by molar-refractivity contribution is 0.208. The van der Waals surface area contributed by atoms with E-state index >= 15 is 0 Å². The Hall–Kier alpha value is -2.33. The Labute approximate surface area is 142 Å². The van der Waals surface area contributed by atoms with Crippen LogP contribution in [0, 0.1) is 6.92 Å². The lowest BCUT2D eigenvalue weighted by Gasteiger charge is -2.33. The monoisotopic (exact) mass is 320 g/mol. The molecule has 24 heavy (non-hydrogen) atoms. The van der Waals surface area contributed by atoms with E-state index in [0.717, 1.165) is 29.9 Å². The largest absolute Gasteiger partial charge is 0.381 e. The Morgan fingerprint density at radius 2 is 2.08 bits per heavy atom. The van der Waals surface area contributed by atoms with Crippen LogP contribution in [0.1, 0.15) is 24.2 Å². The number of anilines is 1. The quantitative estimate of drug-likeness (QED) is 0.765. The van der Waals surface area contributed by atoms with E-state index in [1.54, 1.807) is 0 Å². The van der Waals surface area contributed by atoms with E-state index in [9.17, 15) is 0 Å². The first-order valence-corrected chi connectivity index (χ1v) is 8.75. The zero-order chi connectivity index (χ0) is 16.4. The maximum atomic E-state index is 4.47. The maximum Gasteiger partial charge on any atom is 0.104 e. The Kier molecular flexibility index (Phi) is 4.22. The molecule has 1 aliphatic rings. The van der Waals surface area contributed by atoms with Crippen LogP contribution in [0.2, 0.25) is 0 Å². The van der Waals surface area contributed by atoms with Crippen molar-refractivity contribution in [3.05, 3.63) is 59.9 Å². The lowest BCUT2D eigenvalue weighted by Crippen LogP contribution is -2.41. The van der Waals surface area contributed by atoms with Crippen molar-refractivity contribution in [3.63, 3.8) is 0 Å². The number of rotatable bonds is 4. The van der Waals surface area contributed by atoms with Gasteiger partial charge in [-0.2, -0.15) is 0 Å². The van der Waals surface area contributed by atoms with Gasteiger partial charge in [0.25, 0.3) is 0 Å². The highest BCUT2D eigenvalue weighted by molar-refractivity contribution is 5.79. The molecule has 0 amide bonds. The van der Waals surface area contributed by atoms with Gasteiger partial charge >= 0.3 is 0 Å². The van der Waals surface area contributed by atoms with Crippen molar-refractivity contribution in [1.82, 2.24) is 14.9 Å². The zero-order valence-electron chi connectivity index (χ0n) is 14.1. The lowest BCUT2D eigenvalue weighted by atomic mass is 10.0. The van der Waals surface area contributed by atoms with E-state index in [1.165, 1.54) is 30.6 Å². The third-order valence-electron chi connectivity index (χ3n) is 4.73. The van der Waals surface area contributed by atoms with Crippen molar-refractivity contribution in [2.75, 3.05) is 18.4 Å². The first-order chi connectivity index (χ1) is 11.8. The van der Waals surface area contributed by atoms with Crippen LogP contribution >= 0.6 is 0 Å². The maximum absolute atomic E-state index is 4.47. The Balaban J connectivity index is 1.41. The Morgan fingerprint density at radius 3 is 2.96 bits per heavy atom. The number of aromatic nitrogens is 2. The standard InChI is InChI=1S/C20H24N4/c1-15-21-19-10-9-17(12-20(19)22-15)23-18-8-5-11-24(14-18)13-16-6-3-2-4-7-16/h2-4,6-7,9-10,12,18,23H,5,8,11,13-14H2,1H3,(H,21,22). The normalized spacial score (nSPS) is 18.8. The van der Waals surface area contributed by atoms with Crippen LogP contribution in [-0.4, -0.2) is 34.0 Å². The molecular weight excluding hydrogens is 296 g/mol. The van der Waals surface area contributed by atoms with Crippen LogP contribution in [0.15, 0.2) is 48.5 Å². The van der Waals surface area contributed by atoms with Gasteiger partial charge in [0.1, 0.15) is 5.82 Å². The summed E-state index contributed by atoms with van der Waals surface area (Å²) in [5.41, 5.74) is 4.71. The number of nitrogens with zero attached hydrogens (tertiary/aromatic N) is 2. The predicted molar refractivity (Wildman–Crippen MR) is 99.2 cm³/mol. The van der Waals surface area contributed by atoms with E-state index < -0.39 is 0 Å². The second-order valence-electron chi connectivity index (χ2n) is 6.76. The molecule has 4 heteroatoms. The molecule has 1 aliphatic heterocycles.